The van der Waals surface area contributed by atoms with Crippen molar-refractivity contribution in [1.29, 1.82) is 0 Å². The zero-order valence-corrected chi connectivity index (χ0v) is 23.6. The van der Waals surface area contributed by atoms with Gasteiger partial charge in [-0.2, -0.15) is 4.98 Å². The molecule has 6 rings (SSSR count). The summed E-state index contributed by atoms with van der Waals surface area (Å²) in [6.07, 6.45) is 6.34. The van der Waals surface area contributed by atoms with E-state index >= 15 is 0 Å². The highest BCUT2D eigenvalue weighted by Crippen LogP contribution is 2.34. The van der Waals surface area contributed by atoms with Crippen LogP contribution in [0, 0.1) is 0 Å². The number of ether oxygens (including phenoxy) is 2. The summed E-state index contributed by atoms with van der Waals surface area (Å²) < 4.78 is 23.7. The summed E-state index contributed by atoms with van der Waals surface area (Å²) in [6, 6.07) is 8.73. The number of carbonyl (C=O) groups excluding carboxylic acids is 1. The molecule has 9 nitrogen and oxygen atoms in total. The minimum Gasteiger partial charge on any atom is -0.381 e. The zero-order valence-electron chi connectivity index (χ0n) is 22.8. The first-order chi connectivity index (χ1) is 19.1. The van der Waals surface area contributed by atoms with Crippen molar-refractivity contribution in [1.82, 2.24) is 14.9 Å². The molecule has 1 amide bonds. The Morgan fingerprint density at radius 2 is 1.74 bits per heavy atom. The summed E-state index contributed by atoms with van der Waals surface area (Å²) in [5, 5.41) is 3.58. The fraction of sp³-hybridized carbons (Fsp3) is 0.621. The first-order valence-corrected chi connectivity index (χ1v) is 15.7. The first-order valence-electron chi connectivity index (χ1n) is 14.4. The van der Waals surface area contributed by atoms with Gasteiger partial charge in [0.05, 0.1) is 16.5 Å². The van der Waals surface area contributed by atoms with E-state index in [0.29, 0.717) is 11.7 Å². The maximum Gasteiger partial charge on any atom is 0.253 e. The van der Waals surface area contributed by atoms with Gasteiger partial charge in [-0.05, 0) is 62.1 Å². The van der Waals surface area contributed by atoms with Gasteiger partial charge in [0.1, 0.15) is 10.7 Å². The lowest BCUT2D eigenvalue weighted by Gasteiger charge is -2.33. The first kappa shape index (κ1) is 26.7. The van der Waals surface area contributed by atoms with Crippen molar-refractivity contribution in [3.05, 3.63) is 41.1 Å². The molecule has 4 aliphatic heterocycles. The van der Waals surface area contributed by atoms with Crippen LogP contribution in [0.5, 0.6) is 0 Å². The van der Waals surface area contributed by atoms with Gasteiger partial charge in [0, 0.05) is 76.4 Å². The Morgan fingerprint density at radius 3 is 2.49 bits per heavy atom. The van der Waals surface area contributed by atoms with E-state index in [9.17, 15) is 9.00 Å². The predicted octanol–water partition coefficient (Wildman–Crippen LogP) is 3.37. The molecule has 39 heavy (non-hydrogen) atoms. The van der Waals surface area contributed by atoms with E-state index < -0.39 is 10.8 Å². The molecule has 0 radical (unpaired) electrons. The van der Waals surface area contributed by atoms with Crippen LogP contribution in [0.25, 0.3) is 0 Å². The summed E-state index contributed by atoms with van der Waals surface area (Å²) >= 11 is 0. The fourth-order valence-corrected chi connectivity index (χ4v) is 7.55. The summed E-state index contributed by atoms with van der Waals surface area (Å²) in [5.74, 6) is 2.60. The monoisotopic (exact) mass is 553 g/mol. The number of hydrogen-bond donors (Lipinski definition) is 1. The molecule has 1 aromatic carbocycles. The minimum atomic E-state index is -1.04. The van der Waals surface area contributed by atoms with Crippen molar-refractivity contribution >= 4 is 28.5 Å². The number of aryl methyl sites for hydroxylation is 1. The molecule has 1 atom stereocenters. The van der Waals surface area contributed by atoms with Crippen molar-refractivity contribution < 1.29 is 18.5 Å². The van der Waals surface area contributed by atoms with Crippen molar-refractivity contribution in [3.8, 4) is 0 Å². The Bertz CT molecular complexity index is 1210. The van der Waals surface area contributed by atoms with Gasteiger partial charge in [0.15, 0.2) is 0 Å². The van der Waals surface area contributed by atoms with Crippen molar-refractivity contribution in [2.24, 2.45) is 0 Å². The number of hydrogen-bond acceptors (Lipinski definition) is 8. The van der Waals surface area contributed by atoms with Crippen LogP contribution in [-0.4, -0.2) is 89.4 Å². The Balaban J connectivity index is 1.13. The van der Waals surface area contributed by atoms with Gasteiger partial charge in [0.25, 0.3) is 5.91 Å². The highest BCUT2D eigenvalue weighted by Gasteiger charge is 2.31. The third kappa shape index (κ3) is 5.83. The second-order valence-corrected chi connectivity index (χ2v) is 12.6. The lowest BCUT2D eigenvalue weighted by Crippen LogP contribution is -2.40. The van der Waals surface area contributed by atoms with Gasteiger partial charge < -0.3 is 24.6 Å². The Labute approximate surface area is 233 Å². The molecule has 2 aromatic rings. The van der Waals surface area contributed by atoms with Gasteiger partial charge in [-0.3, -0.25) is 9.00 Å². The summed E-state index contributed by atoms with van der Waals surface area (Å²) in [6.45, 7) is 4.63. The number of fused-ring (bicyclic) bond motifs is 1. The molecule has 0 aliphatic carbocycles. The molecule has 0 saturated carbocycles. The molecule has 3 fully saturated rings. The van der Waals surface area contributed by atoms with Crippen LogP contribution in [0.4, 0.5) is 11.8 Å². The standard InChI is InChI=1S/C29H39N5O4S/c1-33(24-9-16-38-17-10-24)28(35)22-4-2-3-21(19-22)20-5-12-34(13-6-20)29-31-25-11-18-39(36)26(25)27(32-29)30-23-7-14-37-15-8-23/h2-4,19-20,23-24H,5-18H2,1H3,(H,30,31,32). The number of rotatable bonds is 6. The van der Waals surface area contributed by atoms with Crippen LogP contribution in [0.1, 0.15) is 66.1 Å². The summed E-state index contributed by atoms with van der Waals surface area (Å²) in [5.41, 5.74) is 2.92. The number of piperidine rings is 1. The van der Waals surface area contributed by atoms with Crippen molar-refractivity contribution in [2.75, 3.05) is 62.5 Å². The van der Waals surface area contributed by atoms with Crippen LogP contribution in [0.2, 0.25) is 0 Å². The largest absolute Gasteiger partial charge is 0.381 e. The van der Waals surface area contributed by atoms with Gasteiger partial charge in [0.2, 0.25) is 5.95 Å². The van der Waals surface area contributed by atoms with Crippen molar-refractivity contribution in [3.63, 3.8) is 0 Å². The van der Waals surface area contributed by atoms with Gasteiger partial charge in [-0.1, -0.05) is 12.1 Å². The zero-order chi connectivity index (χ0) is 26.8. The van der Waals surface area contributed by atoms with E-state index in [0.717, 1.165) is 112 Å². The molecule has 210 valence electrons. The van der Waals surface area contributed by atoms with Crippen LogP contribution in [-0.2, 0) is 26.7 Å². The summed E-state index contributed by atoms with van der Waals surface area (Å²) in [4.78, 5) is 28.0. The number of benzene rings is 1. The average molecular weight is 554 g/mol. The highest BCUT2D eigenvalue weighted by atomic mass is 32.2. The molecular weight excluding hydrogens is 514 g/mol. The van der Waals surface area contributed by atoms with Crippen LogP contribution in [0.3, 0.4) is 0 Å². The average Bonchev–Trinajstić information content (AvgIpc) is 3.38. The lowest BCUT2D eigenvalue weighted by atomic mass is 9.88. The second kappa shape index (κ2) is 11.9. The van der Waals surface area contributed by atoms with Gasteiger partial charge >= 0.3 is 0 Å². The SMILES string of the molecule is CN(C(=O)c1cccc(C2CCN(c3nc4c(c(NC5CCOCC5)n3)S(=O)CC4)CC2)c1)C1CCOCC1. The van der Waals surface area contributed by atoms with E-state index in [4.69, 9.17) is 19.4 Å². The highest BCUT2D eigenvalue weighted by molar-refractivity contribution is 7.85. The summed E-state index contributed by atoms with van der Waals surface area (Å²) in [7, 11) is 0.874. The topological polar surface area (TPSA) is 96.9 Å². The number of carbonyl (C=O) groups is 1. The van der Waals surface area contributed by atoms with E-state index in [1.165, 1.54) is 5.56 Å². The maximum atomic E-state index is 13.2. The molecule has 1 N–H and O–H groups in total. The molecule has 0 bridgehead atoms. The Kier molecular flexibility index (Phi) is 8.13. The number of aromatic nitrogens is 2. The second-order valence-electron chi connectivity index (χ2n) is 11.1. The molecule has 3 saturated heterocycles. The quantitative estimate of drug-likeness (QED) is 0.582. The molecule has 4 aliphatic rings. The minimum absolute atomic E-state index is 0.0923. The van der Waals surface area contributed by atoms with Crippen molar-refractivity contribution in [2.45, 2.75) is 67.8 Å². The lowest BCUT2D eigenvalue weighted by molar-refractivity contribution is 0.0362. The van der Waals surface area contributed by atoms with Gasteiger partial charge in [-0.15, -0.1) is 0 Å². The Morgan fingerprint density at radius 1 is 1.03 bits per heavy atom. The van der Waals surface area contributed by atoms with E-state index in [-0.39, 0.29) is 18.0 Å². The third-order valence-corrected chi connectivity index (χ3v) is 10.1. The van der Waals surface area contributed by atoms with E-state index in [2.05, 4.69) is 22.3 Å². The molecule has 10 heteroatoms. The fourth-order valence-electron chi connectivity index (χ4n) is 6.24. The molecule has 0 spiro atoms. The smallest absolute Gasteiger partial charge is 0.253 e. The van der Waals surface area contributed by atoms with Crippen LogP contribution < -0.4 is 10.2 Å². The predicted molar refractivity (Wildman–Crippen MR) is 151 cm³/mol. The number of anilines is 2. The number of nitrogens with zero attached hydrogens (tertiary/aromatic N) is 4. The molecule has 5 heterocycles. The third-order valence-electron chi connectivity index (χ3n) is 8.68. The van der Waals surface area contributed by atoms with E-state index in [1.807, 2.05) is 24.1 Å². The Hall–Kier alpha value is -2.56. The molecular formula is C29H39N5O4S. The van der Waals surface area contributed by atoms with Gasteiger partial charge in [-0.25, -0.2) is 4.98 Å². The number of nitrogens with one attached hydrogen (secondary N) is 1. The maximum absolute atomic E-state index is 13.2. The van der Waals surface area contributed by atoms with E-state index in [1.54, 1.807) is 0 Å². The normalized spacial score (nSPS) is 23.0. The van der Waals surface area contributed by atoms with Crippen LogP contribution in [0.15, 0.2) is 29.2 Å². The molecule has 1 unspecified atom stereocenters. The van der Waals surface area contributed by atoms with Crippen LogP contribution >= 0.6 is 0 Å². The molecule has 1 aromatic heterocycles. The number of amides is 1.